The van der Waals surface area contributed by atoms with E-state index >= 15 is 0 Å². The van der Waals surface area contributed by atoms with Crippen molar-refractivity contribution in [3.05, 3.63) is 12.4 Å². The van der Waals surface area contributed by atoms with E-state index in [4.69, 9.17) is 11.6 Å². The highest BCUT2D eigenvalue weighted by atomic mass is 35.5. The Morgan fingerprint density at radius 3 is 3.00 bits per heavy atom. The molecule has 15 heavy (non-hydrogen) atoms. The van der Waals surface area contributed by atoms with Crippen LogP contribution in [0, 0.1) is 0 Å². The molecule has 0 saturated carbocycles. The molecule has 0 spiro atoms. The summed E-state index contributed by atoms with van der Waals surface area (Å²) in [6.45, 7) is 1.09. The molecule has 0 radical (unpaired) electrons. The zero-order valence-electron chi connectivity index (χ0n) is 9.19. The van der Waals surface area contributed by atoms with Gasteiger partial charge in [-0.3, -0.25) is 0 Å². The molecule has 1 aliphatic rings. The van der Waals surface area contributed by atoms with E-state index in [0.29, 0.717) is 11.9 Å². The summed E-state index contributed by atoms with van der Waals surface area (Å²) in [7, 11) is 2.04. The molecule has 1 aliphatic heterocycles. The average Bonchev–Trinajstić information content (AvgIpc) is 2.54. The second kappa shape index (κ2) is 4.88. The van der Waals surface area contributed by atoms with Crippen molar-refractivity contribution in [2.75, 3.05) is 17.3 Å². The number of hydrogen-bond donors (Lipinski definition) is 0. The molecule has 3 nitrogen and oxygen atoms in total. The van der Waals surface area contributed by atoms with E-state index in [1.54, 1.807) is 0 Å². The van der Waals surface area contributed by atoms with Crippen LogP contribution in [0.1, 0.15) is 25.7 Å². The van der Waals surface area contributed by atoms with Crippen molar-refractivity contribution in [1.29, 1.82) is 0 Å². The van der Waals surface area contributed by atoms with Crippen LogP contribution in [0.5, 0.6) is 0 Å². The monoisotopic (exact) mass is 227 g/mol. The number of anilines is 1. The van der Waals surface area contributed by atoms with E-state index in [1.807, 2.05) is 19.4 Å². The van der Waals surface area contributed by atoms with Gasteiger partial charge in [-0.1, -0.05) is 12.8 Å². The minimum Gasteiger partial charge on any atom is -0.338 e. The third-order valence-corrected chi connectivity index (χ3v) is 3.46. The van der Waals surface area contributed by atoms with Gasteiger partial charge in [0.1, 0.15) is 0 Å². The zero-order valence-corrected chi connectivity index (χ0v) is 9.95. The number of alkyl halides is 1. The number of hydrogen-bond acceptors (Lipinski definition) is 2. The largest absolute Gasteiger partial charge is 0.338 e. The Kier molecular flexibility index (Phi) is 3.52. The highest BCUT2D eigenvalue weighted by molar-refractivity contribution is 6.18. The lowest BCUT2D eigenvalue weighted by molar-refractivity contribution is 0.602. The molecule has 1 atom stereocenters. The van der Waals surface area contributed by atoms with Crippen LogP contribution >= 0.6 is 11.6 Å². The summed E-state index contributed by atoms with van der Waals surface area (Å²) in [4.78, 5) is 6.77. The van der Waals surface area contributed by atoms with Crippen LogP contribution in [0.3, 0.4) is 0 Å². The molecule has 1 aromatic rings. The molecule has 1 fully saturated rings. The van der Waals surface area contributed by atoms with Gasteiger partial charge in [-0.2, -0.15) is 0 Å². The van der Waals surface area contributed by atoms with E-state index < -0.39 is 0 Å². The summed E-state index contributed by atoms with van der Waals surface area (Å²) in [5.41, 5.74) is 0. The van der Waals surface area contributed by atoms with Crippen LogP contribution in [0.4, 0.5) is 5.95 Å². The Morgan fingerprint density at radius 2 is 2.33 bits per heavy atom. The fourth-order valence-corrected chi connectivity index (χ4v) is 2.56. The minimum absolute atomic E-state index is 0.454. The molecule has 0 aromatic carbocycles. The van der Waals surface area contributed by atoms with Gasteiger partial charge in [0.15, 0.2) is 0 Å². The predicted molar refractivity (Wildman–Crippen MR) is 63.5 cm³/mol. The first-order chi connectivity index (χ1) is 7.33. The Balaban J connectivity index is 2.20. The quantitative estimate of drug-likeness (QED) is 0.724. The number of aryl methyl sites for hydroxylation is 1. The molecule has 4 heteroatoms. The maximum atomic E-state index is 6.04. The van der Waals surface area contributed by atoms with Crippen molar-refractivity contribution >= 4 is 17.5 Å². The van der Waals surface area contributed by atoms with Gasteiger partial charge in [0.05, 0.1) is 0 Å². The summed E-state index contributed by atoms with van der Waals surface area (Å²) < 4.78 is 2.07. The number of halogens is 1. The summed E-state index contributed by atoms with van der Waals surface area (Å²) in [6, 6.07) is 0.454. The minimum atomic E-state index is 0.454. The molecule has 1 saturated heterocycles. The van der Waals surface area contributed by atoms with Crippen LogP contribution in [-0.4, -0.2) is 28.0 Å². The Morgan fingerprint density at radius 1 is 1.47 bits per heavy atom. The van der Waals surface area contributed by atoms with Crippen LogP contribution in [-0.2, 0) is 7.05 Å². The normalized spacial score (nSPS) is 22.8. The predicted octanol–water partition coefficient (Wildman–Crippen LogP) is 2.41. The summed E-state index contributed by atoms with van der Waals surface area (Å²) in [6.07, 6.45) is 8.89. The smallest absolute Gasteiger partial charge is 0.205 e. The van der Waals surface area contributed by atoms with Gasteiger partial charge in [0.2, 0.25) is 5.95 Å². The summed E-state index contributed by atoms with van der Waals surface area (Å²) >= 11 is 6.04. The molecule has 2 rings (SSSR count). The van der Waals surface area contributed by atoms with E-state index in [1.165, 1.54) is 25.7 Å². The molecular formula is C11H18ClN3. The molecule has 0 bridgehead atoms. The SMILES string of the molecule is Cn1ccnc1N1CCCCCC1CCl. The second-order valence-corrected chi connectivity index (χ2v) is 4.50. The van der Waals surface area contributed by atoms with Gasteiger partial charge in [-0.25, -0.2) is 4.98 Å². The van der Waals surface area contributed by atoms with Gasteiger partial charge in [0, 0.05) is 37.9 Å². The van der Waals surface area contributed by atoms with Crippen molar-refractivity contribution in [2.45, 2.75) is 31.7 Å². The van der Waals surface area contributed by atoms with Crippen molar-refractivity contribution in [2.24, 2.45) is 7.05 Å². The second-order valence-electron chi connectivity index (χ2n) is 4.19. The standard InChI is InChI=1S/C11H18ClN3/c1-14-8-6-13-11(14)15-7-4-2-3-5-10(15)9-12/h6,8,10H,2-5,7,9H2,1H3. The molecule has 1 aromatic heterocycles. The van der Waals surface area contributed by atoms with E-state index in [0.717, 1.165) is 12.5 Å². The maximum Gasteiger partial charge on any atom is 0.205 e. The lowest BCUT2D eigenvalue weighted by Gasteiger charge is -2.29. The number of rotatable bonds is 2. The van der Waals surface area contributed by atoms with Crippen LogP contribution < -0.4 is 4.90 Å². The summed E-state index contributed by atoms with van der Waals surface area (Å²) in [5, 5.41) is 0. The van der Waals surface area contributed by atoms with Crippen LogP contribution in [0.15, 0.2) is 12.4 Å². The van der Waals surface area contributed by atoms with E-state index in [9.17, 15) is 0 Å². The number of nitrogens with zero attached hydrogens (tertiary/aromatic N) is 3. The van der Waals surface area contributed by atoms with Gasteiger partial charge < -0.3 is 9.47 Å². The van der Waals surface area contributed by atoms with Crippen LogP contribution in [0.25, 0.3) is 0 Å². The summed E-state index contributed by atoms with van der Waals surface area (Å²) in [5.74, 6) is 1.76. The lowest BCUT2D eigenvalue weighted by Crippen LogP contribution is -2.37. The van der Waals surface area contributed by atoms with Gasteiger partial charge >= 0.3 is 0 Å². The molecule has 0 N–H and O–H groups in total. The van der Waals surface area contributed by atoms with Gasteiger partial charge in [-0.05, 0) is 12.8 Å². The van der Waals surface area contributed by atoms with Gasteiger partial charge in [-0.15, -0.1) is 11.6 Å². The maximum absolute atomic E-state index is 6.04. The first-order valence-electron chi connectivity index (χ1n) is 5.63. The first-order valence-corrected chi connectivity index (χ1v) is 6.16. The van der Waals surface area contributed by atoms with E-state index in [-0.39, 0.29) is 0 Å². The number of aromatic nitrogens is 2. The fraction of sp³-hybridized carbons (Fsp3) is 0.727. The molecule has 1 unspecified atom stereocenters. The third-order valence-electron chi connectivity index (χ3n) is 3.11. The zero-order chi connectivity index (χ0) is 10.7. The average molecular weight is 228 g/mol. The lowest BCUT2D eigenvalue weighted by atomic mass is 10.1. The third kappa shape index (κ3) is 2.28. The Bertz CT molecular complexity index is 311. The van der Waals surface area contributed by atoms with Crippen molar-refractivity contribution in [1.82, 2.24) is 9.55 Å². The highest BCUT2D eigenvalue weighted by Crippen LogP contribution is 2.22. The Hall–Kier alpha value is -0.700. The van der Waals surface area contributed by atoms with Crippen molar-refractivity contribution < 1.29 is 0 Å². The highest BCUT2D eigenvalue weighted by Gasteiger charge is 2.22. The van der Waals surface area contributed by atoms with Gasteiger partial charge in [0.25, 0.3) is 0 Å². The first kappa shape index (κ1) is 10.8. The molecule has 0 amide bonds. The van der Waals surface area contributed by atoms with Crippen molar-refractivity contribution in [3.63, 3.8) is 0 Å². The Labute approximate surface area is 96.0 Å². The van der Waals surface area contributed by atoms with E-state index in [2.05, 4.69) is 14.5 Å². The molecule has 2 heterocycles. The molecular weight excluding hydrogens is 210 g/mol. The van der Waals surface area contributed by atoms with Crippen LogP contribution in [0.2, 0.25) is 0 Å². The fourth-order valence-electron chi connectivity index (χ4n) is 2.24. The molecule has 0 aliphatic carbocycles. The molecule has 84 valence electrons. The topological polar surface area (TPSA) is 21.1 Å². The van der Waals surface area contributed by atoms with Crippen molar-refractivity contribution in [3.8, 4) is 0 Å². The number of imidazole rings is 1.